The molecule has 0 unspecified atom stereocenters. The number of carbonyl (C=O) groups is 1. The molecule has 1 saturated carbocycles. The number of hydrogen-bond acceptors (Lipinski definition) is 2. The Morgan fingerprint density at radius 3 is 2.92 bits per heavy atom. The van der Waals surface area contributed by atoms with Crippen LogP contribution in [-0.4, -0.2) is 29.5 Å². The fourth-order valence-electron chi connectivity index (χ4n) is 4.18. The van der Waals surface area contributed by atoms with E-state index in [1.807, 2.05) is 19.2 Å². The summed E-state index contributed by atoms with van der Waals surface area (Å²) in [6.45, 7) is 1.38. The number of pyridine rings is 1. The van der Waals surface area contributed by atoms with Crippen LogP contribution in [0.5, 0.6) is 0 Å². The Morgan fingerprint density at radius 2 is 2.08 bits per heavy atom. The molecule has 0 saturated heterocycles. The Bertz CT molecular complexity index is 746. The van der Waals surface area contributed by atoms with Crippen molar-refractivity contribution in [1.29, 1.82) is 0 Å². The second-order valence-electron chi connectivity index (χ2n) is 7.11. The van der Waals surface area contributed by atoms with Gasteiger partial charge in [0, 0.05) is 37.9 Å². The van der Waals surface area contributed by atoms with Gasteiger partial charge in [0.1, 0.15) is 0 Å². The van der Waals surface area contributed by atoms with Crippen LogP contribution in [0.2, 0.25) is 0 Å². The van der Waals surface area contributed by atoms with E-state index in [2.05, 4.69) is 34.6 Å². The van der Waals surface area contributed by atoms with Gasteiger partial charge in [-0.25, -0.2) is 4.79 Å². The summed E-state index contributed by atoms with van der Waals surface area (Å²) in [7, 11) is 1.84. The molecule has 1 fully saturated rings. The number of hydrogen-bond donors (Lipinski definition) is 1. The van der Waals surface area contributed by atoms with Gasteiger partial charge in [-0.3, -0.25) is 4.98 Å². The lowest BCUT2D eigenvalue weighted by molar-refractivity contribution is 0.206. The quantitative estimate of drug-likeness (QED) is 0.940. The van der Waals surface area contributed by atoms with E-state index < -0.39 is 0 Å². The number of nitrogens with zero attached hydrogens (tertiary/aromatic N) is 2. The molecule has 0 aliphatic heterocycles. The van der Waals surface area contributed by atoms with Crippen molar-refractivity contribution in [3.63, 3.8) is 0 Å². The van der Waals surface area contributed by atoms with Gasteiger partial charge in [0.2, 0.25) is 0 Å². The zero-order valence-corrected chi connectivity index (χ0v) is 14.0. The highest BCUT2D eigenvalue weighted by Gasteiger charge is 2.57. The summed E-state index contributed by atoms with van der Waals surface area (Å²) in [4.78, 5) is 18.1. The maximum Gasteiger partial charge on any atom is 0.317 e. The van der Waals surface area contributed by atoms with Gasteiger partial charge in [-0.2, -0.15) is 0 Å². The van der Waals surface area contributed by atoms with Crippen LogP contribution in [0.25, 0.3) is 0 Å². The number of aromatic nitrogens is 1. The van der Waals surface area contributed by atoms with E-state index in [0.29, 0.717) is 17.9 Å². The van der Waals surface area contributed by atoms with Gasteiger partial charge in [0.25, 0.3) is 0 Å². The van der Waals surface area contributed by atoms with Crippen LogP contribution in [0.1, 0.15) is 29.5 Å². The van der Waals surface area contributed by atoms with E-state index in [-0.39, 0.29) is 6.03 Å². The molecule has 1 N–H and O–H groups in total. The molecule has 2 aliphatic rings. The third kappa shape index (κ3) is 2.66. The van der Waals surface area contributed by atoms with Gasteiger partial charge in [-0.15, -0.1) is 0 Å². The van der Waals surface area contributed by atoms with Gasteiger partial charge >= 0.3 is 6.03 Å². The molecule has 124 valence electrons. The first-order valence-corrected chi connectivity index (χ1v) is 8.65. The van der Waals surface area contributed by atoms with Crippen LogP contribution in [0.3, 0.4) is 0 Å². The number of aryl methyl sites for hydroxylation is 1. The van der Waals surface area contributed by atoms with Crippen LogP contribution in [0.4, 0.5) is 4.79 Å². The van der Waals surface area contributed by atoms with E-state index in [1.54, 1.807) is 17.3 Å². The van der Waals surface area contributed by atoms with Crippen molar-refractivity contribution in [2.45, 2.75) is 31.2 Å². The average Bonchev–Trinajstić information content (AvgIpc) is 3.20. The number of fused-ring (bicyclic) bond motifs is 2. The van der Waals surface area contributed by atoms with Crippen LogP contribution in [0, 0.1) is 5.92 Å². The lowest BCUT2D eigenvalue weighted by Gasteiger charge is -2.19. The third-order valence-corrected chi connectivity index (χ3v) is 5.64. The predicted molar refractivity (Wildman–Crippen MR) is 93.7 cm³/mol. The van der Waals surface area contributed by atoms with Gasteiger partial charge < -0.3 is 10.2 Å². The number of rotatable bonds is 4. The Kier molecular flexibility index (Phi) is 3.75. The third-order valence-electron chi connectivity index (χ3n) is 5.64. The average molecular weight is 321 g/mol. The van der Waals surface area contributed by atoms with E-state index in [1.165, 1.54) is 30.4 Å². The van der Waals surface area contributed by atoms with Crippen LogP contribution >= 0.6 is 0 Å². The Labute approximate surface area is 142 Å². The number of urea groups is 1. The fourth-order valence-corrected chi connectivity index (χ4v) is 4.18. The lowest BCUT2D eigenvalue weighted by atomic mass is 9.95. The van der Waals surface area contributed by atoms with Crippen LogP contribution in [-0.2, 0) is 18.4 Å². The first-order valence-electron chi connectivity index (χ1n) is 8.65. The van der Waals surface area contributed by atoms with Crippen molar-refractivity contribution in [3.8, 4) is 0 Å². The standard InChI is InChI=1S/C20H23N3O/c1-23(14-15-7-10-21-11-8-15)19(24)22-13-17-12-20(17)9-6-16-4-2-3-5-18(16)20/h2-5,7-8,10-11,17H,6,9,12-14H2,1H3,(H,22,24)/t17-,20-/m1/s1. The largest absolute Gasteiger partial charge is 0.338 e. The number of carbonyl (C=O) groups excluding carboxylic acids is 1. The molecule has 24 heavy (non-hydrogen) atoms. The summed E-state index contributed by atoms with van der Waals surface area (Å²) in [5.41, 5.74) is 4.46. The fraction of sp³-hybridized carbons (Fsp3) is 0.400. The van der Waals surface area contributed by atoms with Crippen molar-refractivity contribution in [2.75, 3.05) is 13.6 Å². The number of nitrogens with one attached hydrogen (secondary N) is 1. The maximum absolute atomic E-state index is 12.3. The van der Waals surface area contributed by atoms with Crippen molar-refractivity contribution < 1.29 is 4.79 Å². The molecule has 0 radical (unpaired) electrons. The first kappa shape index (κ1) is 15.2. The molecule has 0 bridgehead atoms. The molecule has 1 spiro atoms. The molecular formula is C20H23N3O. The summed E-state index contributed by atoms with van der Waals surface area (Å²) in [5, 5.41) is 3.12. The zero-order valence-electron chi connectivity index (χ0n) is 14.0. The molecule has 1 aromatic carbocycles. The molecule has 4 rings (SSSR count). The summed E-state index contributed by atoms with van der Waals surface area (Å²) < 4.78 is 0. The first-order chi connectivity index (χ1) is 11.7. The molecule has 2 aromatic rings. The summed E-state index contributed by atoms with van der Waals surface area (Å²) >= 11 is 0. The summed E-state index contributed by atoms with van der Waals surface area (Å²) in [5.74, 6) is 0.583. The minimum atomic E-state index is 0.000134. The molecule has 4 nitrogen and oxygen atoms in total. The monoisotopic (exact) mass is 321 g/mol. The Hall–Kier alpha value is -2.36. The molecule has 2 amide bonds. The van der Waals surface area contributed by atoms with Gasteiger partial charge in [0.15, 0.2) is 0 Å². The predicted octanol–water partition coefficient (Wildman–Crippen LogP) is 3.13. The van der Waals surface area contributed by atoms with E-state index in [4.69, 9.17) is 0 Å². The second kappa shape index (κ2) is 5.93. The summed E-state index contributed by atoms with van der Waals surface area (Å²) in [6.07, 6.45) is 7.14. The topological polar surface area (TPSA) is 45.2 Å². The van der Waals surface area contributed by atoms with Crippen LogP contribution < -0.4 is 5.32 Å². The second-order valence-corrected chi connectivity index (χ2v) is 7.11. The maximum atomic E-state index is 12.3. The molecule has 2 atom stereocenters. The highest BCUT2D eigenvalue weighted by molar-refractivity contribution is 5.74. The van der Waals surface area contributed by atoms with Crippen molar-refractivity contribution in [3.05, 3.63) is 65.5 Å². The molecule has 1 aromatic heterocycles. The SMILES string of the molecule is CN(Cc1ccncc1)C(=O)NC[C@H]1C[C@]12CCc1ccccc12. The lowest BCUT2D eigenvalue weighted by Crippen LogP contribution is -2.38. The minimum absolute atomic E-state index is 0.000134. The van der Waals surface area contributed by atoms with Gasteiger partial charge in [0.05, 0.1) is 0 Å². The van der Waals surface area contributed by atoms with Crippen molar-refractivity contribution in [1.82, 2.24) is 15.2 Å². The minimum Gasteiger partial charge on any atom is -0.338 e. The van der Waals surface area contributed by atoms with Crippen molar-refractivity contribution in [2.24, 2.45) is 5.92 Å². The normalized spacial score (nSPS) is 23.8. The van der Waals surface area contributed by atoms with E-state index in [0.717, 1.165) is 12.1 Å². The smallest absolute Gasteiger partial charge is 0.317 e. The Balaban J connectivity index is 1.32. The van der Waals surface area contributed by atoms with Crippen molar-refractivity contribution >= 4 is 6.03 Å². The zero-order chi connectivity index (χ0) is 16.6. The number of amides is 2. The van der Waals surface area contributed by atoms with Gasteiger partial charge in [-0.05, 0) is 54.0 Å². The van der Waals surface area contributed by atoms with E-state index in [9.17, 15) is 4.79 Å². The number of benzene rings is 1. The summed E-state index contributed by atoms with van der Waals surface area (Å²) in [6, 6.07) is 12.7. The molecule has 2 aliphatic carbocycles. The molecule has 1 heterocycles. The van der Waals surface area contributed by atoms with E-state index >= 15 is 0 Å². The van der Waals surface area contributed by atoms with Crippen LogP contribution in [0.15, 0.2) is 48.8 Å². The molecular weight excluding hydrogens is 298 g/mol. The highest BCUT2D eigenvalue weighted by Crippen LogP contribution is 2.61. The highest BCUT2D eigenvalue weighted by atomic mass is 16.2. The van der Waals surface area contributed by atoms with Gasteiger partial charge in [-0.1, -0.05) is 24.3 Å². The Morgan fingerprint density at radius 1 is 1.29 bits per heavy atom. The molecule has 4 heteroatoms.